The number of nitrogens with zero attached hydrogens (tertiary/aromatic N) is 1. The molecule has 1 saturated heterocycles. The van der Waals surface area contributed by atoms with Crippen LogP contribution in [0.2, 0.25) is 0 Å². The van der Waals surface area contributed by atoms with Gasteiger partial charge in [-0.15, -0.1) is 0 Å². The number of halogens is 1. The van der Waals surface area contributed by atoms with Gasteiger partial charge in [-0.2, -0.15) is 0 Å². The van der Waals surface area contributed by atoms with Crippen molar-refractivity contribution in [1.29, 1.82) is 0 Å². The lowest BCUT2D eigenvalue weighted by molar-refractivity contribution is -0.160. The van der Waals surface area contributed by atoms with Crippen molar-refractivity contribution in [2.45, 2.75) is 70.7 Å². The number of esters is 1. The zero-order valence-electron chi connectivity index (χ0n) is 21.1. The molecule has 3 atom stereocenters. The van der Waals surface area contributed by atoms with Crippen LogP contribution in [0.1, 0.15) is 57.9 Å². The van der Waals surface area contributed by atoms with Gasteiger partial charge in [-0.05, 0) is 60.1 Å². The maximum atomic E-state index is 13.7. The van der Waals surface area contributed by atoms with Gasteiger partial charge in [0.2, 0.25) is 0 Å². The lowest BCUT2D eigenvalue weighted by Crippen LogP contribution is -2.37. The largest absolute Gasteiger partial charge is 0.462 e. The second-order valence-corrected chi connectivity index (χ2v) is 10.4. The van der Waals surface area contributed by atoms with E-state index >= 15 is 0 Å². The molecule has 1 fully saturated rings. The van der Waals surface area contributed by atoms with Crippen LogP contribution >= 0.6 is 0 Å². The number of amides is 1. The standard InChI is InChI=1S/C29H34FNO5/c1-29(2)18-24(36-28(34)31(3)21-7-5-4-6-8-21)17-25(19-9-11-20(30)12-10-19)26(29)14-13-23-15-22(32)16-27(33)35-23/h4-12,22-24,32H,13-18H2,1-3H3/t22-,23-,24?/m1/s1. The Bertz CT molecular complexity index is 1110. The minimum Gasteiger partial charge on any atom is -0.462 e. The minimum absolute atomic E-state index is 0.0377. The molecule has 6 nitrogen and oxygen atoms in total. The van der Waals surface area contributed by atoms with Crippen LogP contribution in [0.3, 0.4) is 0 Å². The van der Waals surface area contributed by atoms with Crippen LogP contribution in [-0.4, -0.2) is 42.5 Å². The van der Waals surface area contributed by atoms with Gasteiger partial charge in [-0.25, -0.2) is 9.18 Å². The van der Waals surface area contributed by atoms with Crippen molar-refractivity contribution in [3.8, 4) is 0 Å². The van der Waals surface area contributed by atoms with Gasteiger partial charge < -0.3 is 14.6 Å². The molecule has 1 aliphatic heterocycles. The van der Waals surface area contributed by atoms with Gasteiger partial charge in [0.15, 0.2) is 0 Å². The number of aliphatic hydroxyl groups excluding tert-OH is 1. The van der Waals surface area contributed by atoms with Gasteiger partial charge in [0.05, 0.1) is 12.5 Å². The summed E-state index contributed by atoms with van der Waals surface area (Å²) in [6.45, 7) is 4.24. The molecule has 1 N–H and O–H groups in total. The first-order valence-corrected chi connectivity index (χ1v) is 12.5. The van der Waals surface area contributed by atoms with Crippen LogP contribution in [-0.2, 0) is 14.3 Å². The molecule has 1 unspecified atom stereocenters. The molecule has 7 heteroatoms. The third kappa shape index (κ3) is 6.13. The lowest BCUT2D eigenvalue weighted by atomic mass is 9.68. The maximum Gasteiger partial charge on any atom is 0.414 e. The molecule has 36 heavy (non-hydrogen) atoms. The fourth-order valence-corrected chi connectivity index (χ4v) is 5.36. The summed E-state index contributed by atoms with van der Waals surface area (Å²) in [4.78, 5) is 26.2. The summed E-state index contributed by atoms with van der Waals surface area (Å²) in [5.74, 6) is -0.685. The summed E-state index contributed by atoms with van der Waals surface area (Å²) in [7, 11) is 1.69. The van der Waals surface area contributed by atoms with Gasteiger partial charge in [0.1, 0.15) is 18.0 Å². The molecule has 1 aliphatic carbocycles. The predicted molar refractivity (Wildman–Crippen MR) is 136 cm³/mol. The highest BCUT2D eigenvalue weighted by atomic mass is 19.1. The molecule has 0 bridgehead atoms. The Morgan fingerprint density at radius 2 is 1.83 bits per heavy atom. The van der Waals surface area contributed by atoms with Crippen LogP contribution in [0.5, 0.6) is 0 Å². The molecule has 0 spiro atoms. The van der Waals surface area contributed by atoms with E-state index in [1.165, 1.54) is 22.6 Å². The number of carbonyl (C=O) groups is 2. The Hall–Kier alpha value is -3.19. The number of para-hydroxylation sites is 1. The summed E-state index contributed by atoms with van der Waals surface area (Å²) >= 11 is 0. The van der Waals surface area contributed by atoms with Crippen LogP contribution in [0.15, 0.2) is 60.2 Å². The second kappa shape index (κ2) is 10.8. The van der Waals surface area contributed by atoms with E-state index in [4.69, 9.17) is 9.47 Å². The van der Waals surface area contributed by atoms with Gasteiger partial charge >= 0.3 is 12.1 Å². The second-order valence-electron chi connectivity index (χ2n) is 10.4. The number of aliphatic hydroxyl groups is 1. The number of anilines is 1. The van der Waals surface area contributed by atoms with Crippen molar-refractivity contribution < 1.29 is 28.6 Å². The van der Waals surface area contributed by atoms with E-state index in [0.29, 0.717) is 32.1 Å². The molecule has 2 aliphatic rings. The maximum absolute atomic E-state index is 13.7. The van der Waals surface area contributed by atoms with E-state index in [0.717, 1.165) is 16.8 Å². The highest BCUT2D eigenvalue weighted by molar-refractivity contribution is 5.87. The number of carbonyl (C=O) groups excluding carboxylic acids is 2. The van der Waals surface area contributed by atoms with Crippen molar-refractivity contribution >= 4 is 23.3 Å². The lowest BCUT2D eigenvalue weighted by Gasteiger charge is -2.40. The normalized spacial score (nSPS) is 23.7. The van der Waals surface area contributed by atoms with E-state index < -0.39 is 12.2 Å². The van der Waals surface area contributed by atoms with Crippen LogP contribution < -0.4 is 4.90 Å². The predicted octanol–water partition coefficient (Wildman–Crippen LogP) is 5.89. The quantitative estimate of drug-likeness (QED) is 0.506. The van der Waals surface area contributed by atoms with E-state index in [1.54, 1.807) is 19.2 Å². The first kappa shape index (κ1) is 25.9. The molecule has 1 heterocycles. The first-order valence-electron chi connectivity index (χ1n) is 12.5. The zero-order chi connectivity index (χ0) is 25.9. The fraction of sp³-hybridized carbons (Fsp3) is 0.448. The third-order valence-corrected chi connectivity index (χ3v) is 7.18. The molecular formula is C29H34FNO5. The number of rotatable bonds is 6. The van der Waals surface area contributed by atoms with Gasteiger partial charge in [0.25, 0.3) is 0 Å². The molecule has 192 valence electrons. The molecule has 2 aromatic carbocycles. The molecule has 2 aromatic rings. The van der Waals surface area contributed by atoms with Crippen molar-refractivity contribution in [2.75, 3.05) is 11.9 Å². The summed E-state index contributed by atoms with van der Waals surface area (Å²) < 4.78 is 25.1. The summed E-state index contributed by atoms with van der Waals surface area (Å²) in [5.41, 5.74) is 3.52. The zero-order valence-corrected chi connectivity index (χ0v) is 21.1. The average Bonchev–Trinajstić information content (AvgIpc) is 2.82. The average molecular weight is 496 g/mol. The van der Waals surface area contributed by atoms with Crippen molar-refractivity contribution in [1.82, 2.24) is 0 Å². The Kier molecular flexibility index (Phi) is 7.79. The smallest absolute Gasteiger partial charge is 0.414 e. The first-order chi connectivity index (χ1) is 17.1. The van der Waals surface area contributed by atoms with E-state index in [1.807, 2.05) is 30.3 Å². The number of benzene rings is 2. The Morgan fingerprint density at radius 1 is 1.14 bits per heavy atom. The van der Waals surface area contributed by atoms with E-state index in [-0.39, 0.29) is 35.8 Å². The third-order valence-electron chi connectivity index (χ3n) is 7.18. The molecule has 4 rings (SSSR count). The number of hydrogen-bond acceptors (Lipinski definition) is 5. The molecule has 0 saturated carbocycles. The van der Waals surface area contributed by atoms with Gasteiger partial charge in [0, 0.05) is 25.6 Å². The highest BCUT2D eigenvalue weighted by Crippen LogP contribution is 2.47. The van der Waals surface area contributed by atoms with Crippen molar-refractivity contribution in [2.24, 2.45) is 5.41 Å². The van der Waals surface area contributed by atoms with Crippen molar-refractivity contribution in [3.63, 3.8) is 0 Å². The van der Waals surface area contributed by atoms with Crippen LogP contribution in [0, 0.1) is 11.2 Å². The molecule has 1 amide bonds. The number of cyclic esters (lactones) is 1. The highest BCUT2D eigenvalue weighted by Gasteiger charge is 2.38. The number of allylic oxidation sites excluding steroid dienone is 1. The van der Waals surface area contributed by atoms with E-state index in [9.17, 15) is 19.1 Å². The molecular weight excluding hydrogens is 461 g/mol. The monoisotopic (exact) mass is 495 g/mol. The summed E-state index contributed by atoms with van der Waals surface area (Å²) in [5, 5.41) is 9.99. The topological polar surface area (TPSA) is 76.1 Å². The van der Waals surface area contributed by atoms with Gasteiger partial charge in [-0.1, -0.05) is 49.8 Å². The summed E-state index contributed by atoms with van der Waals surface area (Å²) in [6.07, 6.45) is 1.07. The van der Waals surface area contributed by atoms with Crippen molar-refractivity contribution in [3.05, 3.63) is 71.6 Å². The molecule has 0 aromatic heterocycles. The minimum atomic E-state index is -0.674. The Balaban J connectivity index is 1.57. The van der Waals surface area contributed by atoms with E-state index in [2.05, 4.69) is 13.8 Å². The SMILES string of the molecule is CN(C(=O)OC1CC(c2ccc(F)cc2)=C(CC[C@@H]2C[C@@H](O)CC(=O)O2)C(C)(C)C1)c1ccccc1. The Morgan fingerprint density at radius 3 is 2.50 bits per heavy atom. The van der Waals surface area contributed by atoms with Crippen LogP contribution in [0.4, 0.5) is 14.9 Å². The Labute approximate surface area is 211 Å². The molecule has 0 radical (unpaired) electrons. The summed E-state index contributed by atoms with van der Waals surface area (Å²) in [6, 6.07) is 15.7. The number of ether oxygens (including phenoxy) is 2. The van der Waals surface area contributed by atoms with Gasteiger partial charge in [-0.3, -0.25) is 9.69 Å². The fourth-order valence-electron chi connectivity index (χ4n) is 5.36. The van der Waals surface area contributed by atoms with Crippen LogP contribution in [0.25, 0.3) is 5.57 Å². The number of hydrogen-bond donors (Lipinski definition) is 1.